The molecule has 0 N–H and O–H groups in total. The van der Waals surface area contributed by atoms with Crippen molar-refractivity contribution in [3.05, 3.63) is 303 Å². The van der Waals surface area contributed by atoms with Crippen LogP contribution in [0, 0.1) is 24.7 Å². The second-order valence-electron chi connectivity index (χ2n) is 17.7. The van der Waals surface area contributed by atoms with Crippen LogP contribution in [0.4, 0.5) is 0 Å². The van der Waals surface area contributed by atoms with E-state index in [4.69, 9.17) is 12.8 Å². The second kappa shape index (κ2) is 24.3. The first-order valence-electron chi connectivity index (χ1n) is 24.3. The minimum atomic E-state index is -1.14. The molecule has 74 heavy (non-hydrogen) atoms. The number of hydrogen-bond acceptors (Lipinski definition) is 0. The van der Waals surface area contributed by atoms with Crippen LogP contribution in [0.25, 0.3) is 64.6 Å². The Morgan fingerprint density at radius 2 is 0.514 bits per heavy atom. The van der Waals surface area contributed by atoms with Crippen molar-refractivity contribution in [1.29, 1.82) is 0 Å². The molecule has 13 aromatic carbocycles. The van der Waals surface area contributed by atoms with E-state index in [1.165, 1.54) is 74.9 Å². The Hall–Kier alpha value is -7.12. The van der Waals surface area contributed by atoms with Crippen molar-refractivity contribution in [3.63, 3.8) is 0 Å². The number of hydrogen-bond donors (Lipinski definition) is 0. The summed E-state index contributed by atoms with van der Waals surface area (Å²) < 4.78 is 0. The van der Waals surface area contributed by atoms with Crippen molar-refractivity contribution in [2.24, 2.45) is 0 Å². The fraction of sp³-hybridized carbons (Fsp3) is 0. The summed E-state index contributed by atoms with van der Waals surface area (Å²) >= 11 is 0. The molecule has 0 aliphatic carbocycles. The fourth-order valence-electron chi connectivity index (χ4n) is 10.3. The molecule has 0 aliphatic rings. The smallest absolute Gasteiger partial charge is 0.366 e. The third-order valence-corrected chi connectivity index (χ3v) is 19.3. The second-order valence-corrected chi connectivity index (χ2v) is 22.6. The Balaban J connectivity index is 0.000000140. The Kier molecular flexibility index (Phi) is 17.0. The van der Waals surface area contributed by atoms with Gasteiger partial charge in [0.1, 0.15) is 47.7 Å². The summed E-state index contributed by atoms with van der Waals surface area (Å²) in [6.07, 6.45) is 15.3. The van der Waals surface area contributed by atoms with E-state index in [2.05, 4.69) is 254 Å². The molecule has 0 nitrogen and oxygen atoms in total. The Labute approximate surface area is 468 Å². The van der Waals surface area contributed by atoms with E-state index < -0.39 is 15.8 Å². The number of fused-ring (bicyclic) bond motifs is 10. The molecule has 0 atom stereocenters. The molecule has 0 unspecified atom stereocenters. The summed E-state index contributed by atoms with van der Waals surface area (Å²) in [5.74, 6) is 5.21. The number of benzene rings is 13. The van der Waals surface area contributed by atoms with Gasteiger partial charge < -0.3 is 12.8 Å². The van der Waals surface area contributed by atoms with Gasteiger partial charge in [-0.05, 0) is 115 Å². The minimum Gasteiger partial charge on any atom is -0.366 e. The molecule has 0 saturated carbocycles. The van der Waals surface area contributed by atoms with Gasteiger partial charge in [0.15, 0.2) is 0 Å². The van der Waals surface area contributed by atoms with Crippen LogP contribution in [0.5, 0.6) is 0 Å². The summed E-state index contributed by atoms with van der Waals surface area (Å²) in [4.78, 5) is 0. The molecule has 0 amide bonds. The monoisotopic (exact) mass is 1160 g/mol. The molecule has 0 radical (unpaired) electrons. The zero-order chi connectivity index (χ0) is 48.6. The average Bonchev–Trinajstić information content (AvgIpc) is 3.46. The van der Waals surface area contributed by atoms with E-state index in [-0.39, 0.29) is 44.8 Å². The summed E-state index contributed by atoms with van der Waals surface area (Å²) in [7, 11) is -2.28. The van der Waals surface area contributed by atoms with E-state index in [0.717, 1.165) is 32.7 Å². The first kappa shape index (κ1) is 51.8. The Bertz CT molecular complexity index is 3780. The molecule has 0 aromatic heterocycles. The predicted octanol–water partition coefficient (Wildman–Crippen LogP) is 14.8. The van der Waals surface area contributed by atoms with Gasteiger partial charge in [-0.1, -0.05) is 217 Å². The summed E-state index contributed by atoms with van der Waals surface area (Å²) in [5, 5.41) is 22.9. The third-order valence-electron chi connectivity index (χ3n) is 13.5. The molecular weight excluding hydrogens is 1120 g/mol. The molecule has 358 valence electrons. The molecule has 0 spiro atoms. The fourth-order valence-corrected chi connectivity index (χ4v) is 16.2. The van der Waals surface area contributed by atoms with Crippen LogP contribution in [-0.4, -0.2) is 0 Å². The standard InChI is InChI=1S/C30H24P2.2C20H11.2Ag/c1-5-15-25(16-6-1)31(26-17-7-2-8-18-26)29-23-13-14-24-30(29)32(27-19-9-3-10-20-27)28-21-11-4-12-22-28;2*1-2-14-13-16-8-4-5-9-17(16)19-12-11-15-7-3-6-10-18(15)20(14)19;;/h1-24H;2*3-13H;;/q;2*-1;2*+1/p+2. The average molecular weight is 1170 g/mol. The molecule has 0 fully saturated rings. The molecule has 0 bridgehead atoms. The zero-order valence-corrected chi connectivity index (χ0v) is 45.1. The van der Waals surface area contributed by atoms with E-state index in [0.29, 0.717) is 0 Å². The van der Waals surface area contributed by atoms with Crippen LogP contribution < -0.4 is 31.8 Å². The first-order valence-corrected chi connectivity index (χ1v) is 27.3. The van der Waals surface area contributed by atoms with Crippen LogP contribution in [0.1, 0.15) is 11.1 Å². The van der Waals surface area contributed by atoms with Gasteiger partial charge in [-0.2, -0.15) is 0 Å². The van der Waals surface area contributed by atoms with E-state index in [1.807, 2.05) is 36.4 Å². The number of rotatable bonds is 6. The van der Waals surface area contributed by atoms with Gasteiger partial charge in [-0.3, -0.25) is 11.8 Å². The van der Waals surface area contributed by atoms with Gasteiger partial charge in [0.2, 0.25) is 0 Å². The van der Waals surface area contributed by atoms with Crippen molar-refractivity contribution in [2.75, 3.05) is 0 Å². The Morgan fingerprint density at radius 1 is 0.243 bits per heavy atom. The summed E-state index contributed by atoms with van der Waals surface area (Å²) in [5.41, 5.74) is 1.71. The zero-order valence-electron chi connectivity index (χ0n) is 40.2. The SMILES string of the molecule is [Ag+].[Ag+].[C-]#Cc1cc2ccccc2c2ccc3ccccc3c12.[C-]#Cc1cc2ccccc2c2ccc3ccccc3c12.c1ccc([PH+](c2ccccc2)c2ccccc2[PH+](c2ccccc2)c2ccccc2)cc1. The van der Waals surface area contributed by atoms with Gasteiger partial charge in [-0.15, -0.1) is 23.3 Å². The van der Waals surface area contributed by atoms with Crippen LogP contribution in [0.15, 0.2) is 279 Å². The van der Waals surface area contributed by atoms with Crippen LogP contribution in [0.3, 0.4) is 0 Å². The van der Waals surface area contributed by atoms with Crippen molar-refractivity contribution in [1.82, 2.24) is 0 Å². The molecule has 13 aromatic rings. The van der Waals surface area contributed by atoms with Gasteiger partial charge in [0.25, 0.3) is 0 Å². The van der Waals surface area contributed by atoms with Crippen molar-refractivity contribution in [3.8, 4) is 11.8 Å². The van der Waals surface area contributed by atoms with Gasteiger partial charge in [-0.25, -0.2) is 0 Å². The van der Waals surface area contributed by atoms with E-state index in [9.17, 15) is 0 Å². The molecule has 4 heteroatoms. The molecule has 13 rings (SSSR count). The van der Waals surface area contributed by atoms with Crippen LogP contribution in [0.2, 0.25) is 0 Å². The summed E-state index contributed by atoms with van der Waals surface area (Å²) in [6.45, 7) is 0. The first-order chi connectivity index (χ1) is 35.7. The van der Waals surface area contributed by atoms with Gasteiger partial charge >= 0.3 is 44.8 Å². The normalized spacial score (nSPS) is 10.7. The van der Waals surface area contributed by atoms with E-state index in [1.54, 1.807) is 0 Å². The van der Waals surface area contributed by atoms with Crippen molar-refractivity contribution >= 4 is 112 Å². The van der Waals surface area contributed by atoms with Gasteiger partial charge in [0, 0.05) is 0 Å². The third kappa shape index (κ3) is 10.6. The minimum absolute atomic E-state index is 0. The summed E-state index contributed by atoms with van der Waals surface area (Å²) in [6, 6.07) is 99.4. The predicted molar refractivity (Wildman–Crippen MR) is 317 cm³/mol. The van der Waals surface area contributed by atoms with Gasteiger partial charge in [0.05, 0.1) is 0 Å². The molecule has 0 aliphatic heterocycles. The maximum absolute atomic E-state index is 7.63. The van der Waals surface area contributed by atoms with Crippen LogP contribution in [-0.2, 0) is 44.8 Å². The van der Waals surface area contributed by atoms with Crippen LogP contribution >= 0.6 is 15.8 Å². The van der Waals surface area contributed by atoms with E-state index >= 15 is 0 Å². The molecular formula is C70H48Ag2P2+2. The Morgan fingerprint density at radius 3 is 0.838 bits per heavy atom. The maximum atomic E-state index is 7.63. The largest absolute Gasteiger partial charge is 1.00 e. The molecule has 0 saturated heterocycles. The topological polar surface area (TPSA) is 0 Å². The maximum Gasteiger partial charge on any atom is 1.00 e. The van der Waals surface area contributed by atoms with Crippen molar-refractivity contribution < 1.29 is 44.8 Å². The quantitative estimate of drug-likeness (QED) is 0.0512. The molecule has 0 heterocycles. The van der Waals surface area contributed by atoms with Crippen molar-refractivity contribution in [2.45, 2.75) is 0 Å².